The van der Waals surface area contributed by atoms with Crippen LogP contribution in [0, 0.1) is 0 Å². The second-order valence-electron chi connectivity index (χ2n) is 5.22. The molecule has 2 aliphatic rings. The van der Waals surface area contributed by atoms with Gasteiger partial charge in [-0.05, 0) is 26.0 Å². The Morgan fingerprint density at radius 2 is 2.14 bits per heavy atom. The molecule has 0 aromatic rings. The lowest BCUT2D eigenvalue weighted by molar-refractivity contribution is -0.0353. The van der Waals surface area contributed by atoms with E-state index in [1.54, 1.807) is 0 Å². The maximum absolute atomic E-state index is 10.5. The predicted molar refractivity (Wildman–Crippen MR) is 58.5 cm³/mol. The maximum Gasteiger partial charge on any atom is 0.109 e. The molecule has 2 saturated heterocycles. The first-order valence-electron chi connectivity index (χ1n) is 5.10. The lowest BCUT2D eigenvalue weighted by Gasteiger charge is -2.38. The average molecular weight is 217 g/mol. The highest BCUT2D eigenvalue weighted by Crippen LogP contribution is 2.44. The first kappa shape index (κ1) is 10.7. The van der Waals surface area contributed by atoms with Crippen molar-refractivity contribution in [3.8, 4) is 0 Å². The first-order valence-corrected chi connectivity index (χ1v) is 6.25. The van der Waals surface area contributed by atoms with Crippen LogP contribution in [-0.2, 0) is 4.74 Å². The van der Waals surface area contributed by atoms with E-state index < -0.39 is 11.1 Å². The Hall–Kier alpha value is 0.230. The molecule has 2 rings (SSSR count). The van der Waals surface area contributed by atoms with Gasteiger partial charge < -0.3 is 15.6 Å². The zero-order valence-electron chi connectivity index (χ0n) is 8.88. The molecule has 0 aromatic heterocycles. The topological polar surface area (TPSA) is 55.5 Å². The summed E-state index contributed by atoms with van der Waals surface area (Å²) in [5.41, 5.74) is 4.78. The Bertz CT molecular complexity index is 238. The van der Waals surface area contributed by atoms with Crippen LogP contribution >= 0.6 is 11.8 Å². The van der Waals surface area contributed by atoms with Crippen LogP contribution in [0.1, 0.15) is 26.7 Å². The first-order chi connectivity index (χ1) is 6.37. The second kappa shape index (κ2) is 3.11. The molecule has 0 aliphatic carbocycles. The highest BCUT2D eigenvalue weighted by Gasteiger charge is 2.56. The Labute approximate surface area is 89.4 Å². The summed E-state index contributed by atoms with van der Waals surface area (Å²) in [6.07, 6.45) is 1.55. The molecule has 82 valence electrons. The predicted octanol–water partition coefficient (Wildman–Crippen LogP) is 0.751. The number of thioether (sulfide) groups is 1. The van der Waals surface area contributed by atoms with E-state index in [1.165, 1.54) is 0 Å². The van der Waals surface area contributed by atoms with Gasteiger partial charge in [-0.2, -0.15) is 11.8 Å². The van der Waals surface area contributed by atoms with Gasteiger partial charge in [0.25, 0.3) is 0 Å². The SMILES string of the molecule is CC1(C)CC(O)(C2(N)CCSC2)CO1. The average Bonchev–Trinajstić information content (AvgIpc) is 2.59. The van der Waals surface area contributed by atoms with E-state index in [0.29, 0.717) is 13.0 Å². The minimum absolute atomic E-state index is 0.228. The van der Waals surface area contributed by atoms with Crippen LogP contribution in [0.5, 0.6) is 0 Å². The molecular formula is C10H19NO2S. The third-order valence-electron chi connectivity index (χ3n) is 3.40. The van der Waals surface area contributed by atoms with Crippen LogP contribution in [0.2, 0.25) is 0 Å². The van der Waals surface area contributed by atoms with E-state index >= 15 is 0 Å². The van der Waals surface area contributed by atoms with Crippen LogP contribution in [0.3, 0.4) is 0 Å². The summed E-state index contributed by atoms with van der Waals surface area (Å²) in [5, 5.41) is 10.5. The van der Waals surface area contributed by atoms with Crippen molar-refractivity contribution in [1.82, 2.24) is 0 Å². The summed E-state index contributed by atoms with van der Waals surface area (Å²) in [6.45, 7) is 4.41. The van der Waals surface area contributed by atoms with Crippen LogP contribution in [-0.4, -0.2) is 40.0 Å². The molecule has 4 heteroatoms. The quantitative estimate of drug-likeness (QED) is 0.680. The smallest absolute Gasteiger partial charge is 0.109 e. The summed E-state index contributed by atoms with van der Waals surface area (Å²) >= 11 is 1.83. The van der Waals surface area contributed by atoms with Crippen LogP contribution in [0.25, 0.3) is 0 Å². The minimum Gasteiger partial charge on any atom is -0.385 e. The summed E-state index contributed by atoms with van der Waals surface area (Å²) in [6, 6.07) is 0. The van der Waals surface area contributed by atoms with Crippen molar-refractivity contribution in [2.75, 3.05) is 18.1 Å². The maximum atomic E-state index is 10.5. The van der Waals surface area contributed by atoms with Crippen LogP contribution in [0.4, 0.5) is 0 Å². The minimum atomic E-state index is -0.819. The van der Waals surface area contributed by atoms with Crippen molar-refractivity contribution >= 4 is 11.8 Å². The summed E-state index contributed by atoms with van der Waals surface area (Å²) in [5.74, 6) is 1.90. The number of hydrogen-bond donors (Lipinski definition) is 2. The fourth-order valence-electron chi connectivity index (χ4n) is 2.39. The molecule has 14 heavy (non-hydrogen) atoms. The van der Waals surface area contributed by atoms with Gasteiger partial charge in [-0.1, -0.05) is 0 Å². The van der Waals surface area contributed by atoms with Gasteiger partial charge in [-0.3, -0.25) is 0 Å². The van der Waals surface area contributed by atoms with E-state index in [-0.39, 0.29) is 5.60 Å². The summed E-state index contributed by atoms with van der Waals surface area (Å²) in [7, 11) is 0. The molecule has 0 amide bonds. The van der Waals surface area contributed by atoms with E-state index in [2.05, 4.69) is 0 Å². The van der Waals surface area contributed by atoms with E-state index in [9.17, 15) is 5.11 Å². The summed E-state index contributed by atoms with van der Waals surface area (Å²) in [4.78, 5) is 0. The molecule has 0 spiro atoms. The normalized spacial score (nSPS) is 47.1. The van der Waals surface area contributed by atoms with Gasteiger partial charge in [0.1, 0.15) is 5.60 Å². The van der Waals surface area contributed by atoms with Gasteiger partial charge in [0, 0.05) is 12.2 Å². The molecule has 3 nitrogen and oxygen atoms in total. The van der Waals surface area contributed by atoms with Crippen molar-refractivity contribution in [2.24, 2.45) is 5.73 Å². The zero-order chi connectivity index (χ0) is 10.4. The fourth-order valence-corrected chi connectivity index (χ4v) is 3.82. The summed E-state index contributed by atoms with van der Waals surface area (Å²) < 4.78 is 5.59. The van der Waals surface area contributed by atoms with E-state index in [1.807, 2.05) is 25.6 Å². The molecule has 0 saturated carbocycles. The molecule has 3 N–H and O–H groups in total. The van der Waals surface area contributed by atoms with Gasteiger partial charge in [0.15, 0.2) is 0 Å². The number of aliphatic hydroxyl groups is 1. The number of rotatable bonds is 1. The number of hydrogen-bond acceptors (Lipinski definition) is 4. The number of nitrogens with two attached hydrogens (primary N) is 1. The Morgan fingerprint density at radius 3 is 2.57 bits per heavy atom. The third-order valence-corrected chi connectivity index (χ3v) is 4.61. The van der Waals surface area contributed by atoms with E-state index in [4.69, 9.17) is 10.5 Å². The van der Waals surface area contributed by atoms with Gasteiger partial charge in [-0.15, -0.1) is 0 Å². The molecule has 0 aromatic carbocycles. The largest absolute Gasteiger partial charge is 0.385 e. The Kier molecular flexibility index (Phi) is 2.38. The monoisotopic (exact) mass is 217 g/mol. The van der Waals surface area contributed by atoms with Crippen LogP contribution < -0.4 is 5.73 Å². The lowest BCUT2D eigenvalue weighted by Crippen LogP contribution is -2.61. The lowest BCUT2D eigenvalue weighted by atomic mass is 9.76. The second-order valence-corrected chi connectivity index (χ2v) is 6.32. The van der Waals surface area contributed by atoms with Gasteiger partial charge in [-0.25, -0.2) is 0 Å². The molecule has 0 bridgehead atoms. The number of ether oxygens (including phenoxy) is 1. The molecule has 2 atom stereocenters. The van der Waals surface area contributed by atoms with E-state index in [0.717, 1.165) is 17.9 Å². The molecule has 2 unspecified atom stereocenters. The van der Waals surface area contributed by atoms with Crippen molar-refractivity contribution < 1.29 is 9.84 Å². The fraction of sp³-hybridized carbons (Fsp3) is 1.00. The Balaban J connectivity index is 2.17. The van der Waals surface area contributed by atoms with Gasteiger partial charge >= 0.3 is 0 Å². The molecule has 2 heterocycles. The standard InChI is InChI=1S/C10H19NO2S/c1-8(2)5-10(12,6-13-8)9(11)3-4-14-7-9/h12H,3-7,11H2,1-2H3. The van der Waals surface area contributed by atoms with Crippen molar-refractivity contribution in [1.29, 1.82) is 0 Å². The van der Waals surface area contributed by atoms with Gasteiger partial charge in [0.2, 0.25) is 0 Å². The van der Waals surface area contributed by atoms with Crippen molar-refractivity contribution in [3.63, 3.8) is 0 Å². The molecule has 2 aliphatic heterocycles. The van der Waals surface area contributed by atoms with Gasteiger partial charge in [0.05, 0.1) is 17.7 Å². The molecule has 2 fully saturated rings. The zero-order valence-corrected chi connectivity index (χ0v) is 9.69. The molecular weight excluding hydrogens is 198 g/mol. The third kappa shape index (κ3) is 1.58. The van der Waals surface area contributed by atoms with Crippen molar-refractivity contribution in [2.45, 2.75) is 43.4 Å². The highest BCUT2D eigenvalue weighted by atomic mass is 32.2. The van der Waals surface area contributed by atoms with Crippen LogP contribution in [0.15, 0.2) is 0 Å². The van der Waals surface area contributed by atoms with Crippen molar-refractivity contribution in [3.05, 3.63) is 0 Å². The molecule has 0 radical (unpaired) electrons. The Morgan fingerprint density at radius 1 is 1.43 bits per heavy atom. The highest BCUT2D eigenvalue weighted by molar-refractivity contribution is 7.99.